The highest BCUT2D eigenvalue weighted by Gasteiger charge is 2.05. The summed E-state index contributed by atoms with van der Waals surface area (Å²) in [7, 11) is 0. The zero-order valence-corrected chi connectivity index (χ0v) is 8.10. The number of Topliss-reactive ketones (excluding diaryl/α,β-unsaturated/α-hetero) is 1. The van der Waals surface area contributed by atoms with E-state index in [9.17, 15) is 9.59 Å². The van der Waals surface area contributed by atoms with E-state index in [1.54, 1.807) is 0 Å². The lowest BCUT2D eigenvalue weighted by molar-refractivity contribution is 0.101. The molecule has 0 saturated carbocycles. The lowest BCUT2D eigenvalue weighted by Crippen LogP contribution is -2.00. The molecule has 68 valence electrons. The quantitative estimate of drug-likeness (QED) is 0.442. The molecule has 0 N–H and O–H groups in total. The molecule has 0 saturated heterocycles. The number of carbonyl (C=O) groups is 2. The Labute approximate surface area is 85.5 Å². The normalized spacial score (nSPS) is 9.69. The highest BCUT2D eigenvalue weighted by molar-refractivity contribution is 6.67. The lowest BCUT2D eigenvalue weighted by atomic mass is 10.1. The molecule has 2 nitrogen and oxygen atoms in total. The van der Waals surface area contributed by atoms with E-state index >= 15 is 0 Å². The number of alkyl halides is 1. The number of rotatable bonds is 3. The maximum Gasteiger partial charge on any atom is 0.252 e. The highest BCUT2D eigenvalue weighted by Crippen LogP contribution is 2.08. The second-order valence-electron chi connectivity index (χ2n) is 2.41. The first-order valence-corrected chi connectivity index (χ1v) is 4.45. The van der Waals surface area contributed by atoms with Crippen LogP contribution in [0.15, 0.2) is 24.3 Å². The van der Waals surface area contributed by atoms with Gasteiger partial charge in [-0.3, -0.25) is 9.59 Å². The van der Waals surface area contributed by atoms with Gasteiger partial charge in [0.05, 0.1) is 5.88 Å². The summed E-state index contributed by atoms with van der Waals surface area (Å²) >= 11 is 10.6. The second-order valence-corrected chi connectivity index (χ2v) is 3.02. The van der Waals surface area contributed by atoms with Gasteiger partial charge in [-0.1, -0.05) is 12.1 Å². The van der Waals surface area contributed by atoms with Crippen LogP contribution in [-0.2, 0) is 0 Å². The average molecular weight is 217 g/mol. The molecule has 0 spiro atoms. The van der Waals surface area contributed by atoms with Gasteiger partial charge in [0, 0.05) is 11.1 Å². The summed E-state index contributed by atoms with van der Waals surface area (Å²) in [6.07, 6.45) is 0. The van der Waals surface area contributed by atoms with Crippen molar-refractivity contribution in [2.45, 2.75) is 0 Å². The topological polar surface area (TPSA) is 34.1 Å². The van der Waals surface area contributed by atoms with Crippen LogP contribution in [0, 0.1) is 0 Å². The zero-order valence-electron chi connectivity index (χ0n) is 6.59. The van der Waals surface area contributed by atoms with Crippen molar-refractivity contribution < 1.29 is 9.59 Å². The number of halogens is 2. The molecule has 4 heteroatoms. The summed E-state index contributed by atoms with van der Waals surface area (Å²) in [5.41, 5.74) is 0.851. The van der Waals surface area contributed by atoms with Crippen molar-refractivity contribution >= 4 is 34.2 Å². The van der Waals surface area contributed by atoms with Gasteiger partial charge in [-0.15, -0.1) is 11.6 Å². The lowest BCUT2D eigenvalue weighted by Gasteiger charge is -1.97. The molecule has 0 fully saturated rings. The Morgan fingerprint density at radius 3 is 1.92 bits per heavy atom. The van der Waals surface area contributed by atoms with Crippen molar-refractivity contribution in [3.63, 3.8) is 0 Å². The summed E-state index contributed by atoms with van der Waals surface area (Å²) in [4.78, 5) is 21.7. The van der Waals surface area contributed by atoms with E-state index in [1.807, 2.05) is 0 Å². The maximum atomic E-state index is 11.0. The van der Waals surface area contributed by atoms with Gasteiger partial charge < -0.3 is 0 Å². The van der Waals surface area contributed by atoms with Gasteiger partial charge in [0.25, 0.3) is 5.24 Å². The fraction of sp³-hybridized carbons (Fsp3) is 0.111. The molecule has 0 aliphatic rings. The Hall–Kier alpha value is -0.860. The first-order chi connectivity index (χ1) is 6.15. The van der Waals surface area contributed by atoms with Gasteiger partial charge in [0.1, 0.15) is 0 Å². The zero-order chi connectivity index (χ0) is 9.84. The van der Waals surface area contributed by atoms with Crippen LogP contribution < -0.4 is 0 Å². The van der Waals surface area contributed by atoms with Crippen LogP contribution in [0.1, 0.15) is 20.7 Å². The van der Waals surface area contributed by atoms with Crippen molar-refractivity contribution in [3.8, 4) is 0 Å². The van der Waals surface area contributed by atoms with Gasteiger partial charge in [0.15, 0.2) is 5.78 Å². The van der Waals surface area contributed by atoms with Gasteiger partial charge in [-0.2, -0.15) is 0 Å². The smallest absolute Gasteiger partial charge is 0.252 e. The van der Waals surface area contributed by atoms with Crippen LogP contribution in [0.5, 0.6) is 0 Å². The molecule has 13 heavy (non-hydrogen) atoms. The maximum absolute atomic E-state index is 11.0. The monoisotopic (exact) mass is 216 g/mol. The number of ketones is 1. The van der Waals surface area contributed by atoms with Gasteiger partial charge >= 0.3 is 0 Å². The molecule has 1 aromatic carbocycles. The molecule has 1 aromatic rings. The van der Waals surface area contributed by atoms with Crippen LogP contribution in [0.2, 0.25) is 0 Å². The summed E-state index contributed by atoms with van der Waals surface area (Å²) < 4.78 is 0. The Balaban J connectivity index is 2.93. The molecule has 0 aliphatic carbocycles. The Bertz CT molecular complexity index is 330. The largest absolute Gasteiger partial charge is 0.293 e. The Morgan fingerprint density at radius 2 is 1.54 bits per heavy atom. The molecule has 0 amide bonds. The predicted molar refractivity (Wildman–Crippen MR) is 51.7 cm³/mol. The molecular weight excluding hydrogens is 211 g/mol. The SMILES string of the molecule is O=C(Cl)c1ccc(C(=O)CCl)cc1. The molecule has 0 heterocycles. The third-order valence-electron chi connectivity index (χ3n) is 1.56. The second kappa shape index (κ2) is 4.40. The summed E-state index contributed by atoms with van der Waals surface area (Å²) in [6.45, 7) is 0. The molecule has 1 rings (SSSR count). The van der Waals surface area contributed by atoms with Crippen LogP contribution in [-0.4, -0.2) is 16.9 Å². The third kappa shape index (κ3) is 2.54. The molecular formula is C9H6Cl2O2. The van der Waals surface area contributed by atoms with E-state index in [2.05, 4.69) is 0 Å². The van der Waals surface area contributed by atoms with E-state index in [4.69, 9.17) is 23.2 Å². The molecule has 0 bridgehead atoms. The van der Waals surface area contributed by atoms with E-state index < -0.39 is 5.24 Å². The van der Waals surface area contributed by atoms with Crippen molar-refractivity contribution in [1.29, 1.82) is 0 Å². The van der Waals surface area contributed by atoms with Crippen molar-refractivity contribution in [3.05, 3.63) is 35.4 Å². The van der Waals surface area contributed by atoms with Crippen LogP contribution in [0.4, 0.5) is 0 Å². The molecule has 0 aromatic heterocycles. The van der Waals surface area contributed by atoms with E-state index in [-0.39, 0.29) is 11.7 Å². The van der Waals surface area contributed by atoms with Crippen LogP contribution >= 0.6 is 23.2 Å². The van der Waals surface area contributed by atoms with E-state index in [1.165, 1.54) is 24.3 Å². The fourth-order valence-electron chi connectivity index (χ4n) is 0.864. The number of hydrogen-bond donors (Lipinski definition) is 0. The summed E-state index contributed by atoms with van der Waals surface area (Å²) in [5.74, 6) is -0.232. The first kappa shape index (κ1) is 10.2. The van der Waals surface area contributed by atoms with Crippen molar-refractivity contribution in [2.24, 2.45) is 0 Å². The van der Waals surface area contributed by atoms with Crippen LogP contribution in [0.3, 0.4) is 0 Å². The third-order valence-corrected chi connectivity index (χ3v) is 2.02. The molecule has 0 atom stereocenters. The highest BCUT2D eigenvalue weighted by atomic mass is 35.5. The minimum absolute atomic E-state index is 0.0613. The summed E-state index contributed by atoms with van der Waals surface area (Å²) in [6, 6.07) is 6.05. The van der Waals surface area contributed by atoms with Crippen molar-refractivity contribution in [2.75, 3.05) is 5.88 Å². The van der Waals surface area contributed by atoms with Crippen LogP contribution in [0.25, 0.3) is 0 Å². The number of carbonyl (C=O) groups excluding carboxylic acids is 2. The molecule has 0 radical (unpaired) electrons. The number of hydrogen-bond acceptors (Lipinski definition) is 2. The van der Waals surface area contributed by atoms with Gasteiger partial charge in [-0.25, -0.2) is 0 Å². The van der Waals surface area contributed by atoms with E-state index in [0.29, 0.717) is 11.1 Å². The van der Waals surface area contributed by atoms with E-state index in [0.717, 1.165) is 0 Å². The minimum atomic E-state index is -0.537. The fourth-order valence-corrected chi connectivity index (χ4v) is 1.14. The Morgan fingerprint density at radius 1 is 1.08 bits per heavy atom. The van der Waals surface area contributed by atoms with Crippen molar-refractivity contribution in [1.82, 2.24) is 0 Å². The predicted octanol–water partition coefficient (Wildman–Crippen LogP) is 2.49. The van der Waals surface area contributed by atoms with Gasteiger partial charge in [0.2, 0.25) is 0 Å². The summed E-state index contributed by atoms with van der Waals surface area (Å²) in [5, 5.41) is -0.537. The number of benzene rings is 1. The standard InChI is InChI=1S/C9H6Cl2O2/c10-5-8(12)6-1-3-7(4-2-6)9(11)13/h1-4H,5H2. The minimum Gasteiger partial charge on any atom is -0.293 e. The first-order valence-electron chi connectivity index (χ1n) is 3.54. The van der Waals surface area contributed by atoms with Gasteiger partial charge in [-0.05, 0) is 23.7 Å². The molecule has 0 unspecified atom stereocenters. The Kier molecular flexibility index (Phi) is 3.46. The molecule has 0 aliphatic heterocycles. The average Bonchev–Trinajstić information content (AvgIpc) is 2.17.